The van der Waals surface area contributed by atoms with Gasteiger partial charge in [-0.2, -0.15) is 0 Å². The van der Waals surface area contributed by atoms with Gasteiger partial charge in [-0.1, -0.05) is 53.5 Å². The number of ether oxygens (including phenoxy) is 1. The number of carbonyl (C=O) groups is 3. The van der Waals surface area contributed by atoms with Gasteiger partial charge < -0.3 is 4.74 Å². The highest BCUT2D eigenvalue weighted by Crippen LogP contribution is 2.71. The zero-order valence-electron chi connectivity index (χ0n) is 24.2. The lowest BCUT2D eigenvalue weighted by Gasteiger charge is -2.65. The van der Waals surface area contributed by atoms with Crippen LogP contribution in [-0.2, 0) is 19.1 Å². The summed E-state index contributed by atoms with van der Waals surface area (Å²) in [6.45, 7) is 15.6. The van der Waals surface area contributed by atoms with Gasteiger partial charge in [-0.3, -0.25) is 14.4 Å². The molecule has 0 aromatic carbocycles. The summed E-state index contributed by atoms with van der Waals surface area (Å²) in [6.07, 6.45) is 12.3. The lowest BCUT2D eigenvalue weighted by molar-refractivity contribution is -0.161. The normalized spacial score (nSPS) is 42.5. The molecule has 0 saturated heterocycles. The number of unbranched alkanes of at least 4 members (excludes halogenated alkanes) is 1. The molecule has 3 fully saturated rings. The third kappa shape index (κ3) is 3.95. The minimum absolute atomic E-state index is 0.0248. The van der Waals surface area contributed by atoms with E-state index in [9.17, 15) is 14.4 Å². The third-order valence-corrected chi connectivity index (χ3v) is 12.3. The van der Waals surface area contributed by atoms with Crippen molar-refractivity contribution in [3.05, 3.63) is 11.6 Å². The average Bonchev–Trinajstić information content (AvgIpc) is 2.84. The van der Waals surface area contributed by atoms with Crippen LogP contribution in [-0.4, -0.2) is 24.6 Å². The van der Waals surface area contributed by atoms with Crippen LogP contribution in [0, 0.1) is 44.8 Å². The third-order valence-electron chi connectivity index (χ3n) is 12.3. The molecule has 4 rings (SSSR count). The number of allylic oxidation sites excluding steroid dienone is 2. The van der Waals surface area contributed by atoms with Crippen LogP contribution in [0.3, 0.4) is 0 Å². The predicted octanol–water partition coefficient (Wildman–Crippen LogP) is 7.49. The molecule has 3 saturated carbocycles. The van der Waals surface area contributed by atoms with E-state index < -0.39 is 5.41 Å². The van der Waals surface area contributed by atoms with E-state index in [-0.39, 0.29) is 51.2 Å². The number of methoxy groups -OCH3 is 1. The summed E-state index contributed by atoms with van der Waals surface area (Å²) in [6, 6.07) is 0. The molecule has 7 atom stereocenters. The Hall–Kier alpha value is -1.45. The van der Waals surface area contributed by atoms with Crippen molar-refractivity contribution in [2.75, 3.05) is 7.11 Å². The van der Waals surface area contributed by atoms with Gasteiger partial charge in [0.05, 0.1) is 12.5 Å². The van der Waals surface area contributed by atoms with E-state index in [1.54, 1.807) is 0 Å². The smallest absolute Gasteiger partial charge is 0.311 e. The van der Waals surface area contributed by atoms with Crippen molar-refractivity contribution < 1.29 is 19.1 Å². The number of hydrogen-bond donors (Lipinski definition) is 0. The Labute approximate surface area is 219 Å². The van der Waals surface area contributed by atoms with Crippen LogP contribution in [0.15, 0.2) is 11.6 Å². The van der Waals surface area contributed by atoms with E-state index in [0.717, 1.165) is 64.2 Å². The molecular formula is C32H50O4. The topological polar surface area (TPSA) is 60.4 Å². The molecule has 0 aromatic rings. The summed E-state index contributed by atoms with van der Waals surface area (Å²) in [5, 5.41) is 0. The highest BCUT2D eigenvalue weighted by molar-refractivity contribution is 5.95. The number of ketones is 2. The van der Waals surface area contributed by atoms with Crippen molar-refractivity contribution >= 4 is 17.5 Å². The Morgan fingerprint density at radius 3 is 2.33 bits per heavy atom. The Bertz CT molecular complexity index is 961. The fourth-order valence-electron chi connectivity index (χ4n) is 8.89. The molecule has 0 amide bonds. The number of rotatable bonds is 6. The standard InChI is InChI=1S/C32H50O4/c1-9-10-11-26(34)28(2,3)21-12-13-31(6)23(18-21)25(33)19-22-24-20-30(5,27(35)36-8)15-14-29(24,4)16-17-32(22,31)7/h19,21,23-24H,9-18,20H2,1-8H3/t21-,23+,24+,29-,30+,31-,32-/m1/s1. The Balaban J connectivity index is 1.67. The molecule has 0 aliphatic heterocycles. The van der Waals surface area contributed by atoms with Crippen LogP contribution in [0.1, 0.15) is 119 Å². The second-order valence-electron chi connectivity index (χ2n) is 14.5. The summed E-state index contributed by atoms with van der Waals surface area (Å²) < 4.78 is 5.23. The molecule has 4 nitrogen and oxygen atoms in total. The van der Waals surface area contributed by atoms with Crippen LogP contribution in [0.25, 0.3) is 0 Å². The van der Waals surface area contributed by atoms with E-state index in [4.69, 9.17) is 4.74 Å². The summed E-state index contributed by atoms with van der Waals surface area (Å²) in [7, 11) is 1.49. The van der Waals surface area contributed by atoms with Crippen LogP contribution in [0.5, 0.6) is 0 Å². The first kappa shape index (κ1) is 27.6. The van der Waals surface area contributed by atoms with Crippen LogP contribution in [0.4, 0.5) is 0 Å². The first-order chi connectivity index (χ1) is 16.7. The molecule has 0 N–H and O–H groups in total. The van der Waals surface area contributed by atoms with Crippen LogP contribution in [0.2, 0.25) is 0 Å². The van der Waals surface area contributed by atoms with Crippen molar-refractivity contribution in [2.45, 2.75) is 119 Å². The van der Waals surface area contributed by atoms with Crippen LogP contribution < -0.4 is 0 Å². The molecule has 0 unspecified atom stereocenters. The van der Waals surface area contributed by atoms with Gasteiger partial charge >= 0.3 is 5.97 Å². The van der Waals surface area contributed by atoms with Crippen molar-refractivity contribution in [2.24, 2.45) is 44.8 Å². The second-order valence-corrected chi connectivity index (χ2v) is 14.5. The van der Waals surface area contributed by atoms with Gasteiger partial charge in [-0.25, -0.2) is 0 Å². The number of hydrogen-bond acceptors (Lipinski definition) is 4. The van der Waals surface area contributed by atoms with E-state index in [1.807, 2.05) is 6.08 Å². The van der Waals surface area contributed by atoms with Gasteiger partial charge in [0.25, 0.3) is 0 Å². The zero-order valence-corrected chi connectivity index (χ0v) is 24.2. The van der Waals surface area contributed by atoms with Gasteiger partial charge in [0.15, 0.2) is 5.78 Å². The molecule has 0 radical (unpaired) electrons. The van der Waals surface area contributed by atoms with Crippen molar-refractivity contribution in [3.8, 4) is 0 Å². The lowest BCUT2D eigenvalue weighted by Crippen LogP contribution is -2.59. The highest BCUT2D eigenvalue weighted by atomic mass is 16.5. The van der Waals surface area contributed by atoms with Crippen LogP contribution >= 0.6 is 0 Å². The number of esters is 1. The van der Waals surface area contributed by atoms with E-state index >= 15 is 0 Å². The first-order valence-corrected chi connectivity index (χ1v) is 14.6. The van der Waals surface area contributed by atoms with E-state index in [1.165, 1.54) is 12.7 Å². The maximum atomic E-state index is 13.9. The van der Waals surface area contributed by atoms with Gasteiger partial charge in [-0.05, 0) is 98.9 Å². The molecule has 202 valence electrons. The van der Waals surface area contributed by atoms with Crippen molar-refractivity contribution in [3.63, 3.8) is 0 Å². The number of Topliss-reactive ketones (excluding diaryl/α,β-unsaturated/α-hetero) is 1. The van der Waals surface area contributed by atoms with Crippen molar-refractivity contribution in [1.29, 1.82) is 0 Å². The average molecular weight is 499 g/mol. The highest BCUT2D eigenvalue weighted by Gasteiger charge is 2.64. The predicted molar refractivity (Wildman–Crippen MR) is 143 cm³/mol. The van der Waals surface area contributed by atoms with E-state index in [2.05, 4.69) is 48.5 Å². The Kier molecular flexibility index (Phi) is 6.96. The minimum Gasteiger partial charge on any atom is -0.469 e. The molecule has 0 bridgehead atoms. The SMILES string of the molecule is CCCCC(=O)C(C)(C)[C@@H]1CC[C@]2(C)[C@@H](C1)C(=O)C=C1[C@@H]3C[C@@](C)(C(=O)OC)CC[C@]3(C)CC[C@]12C. The molecule has 0 spiro atoms. The molecule has 4 heteroatoms. The molecule has 4 aliphatic rings. The fraction of sp³-hybridized carbons (Fsp3) is 0.844. The lowest BCUT2D eigenvalue weighted by atomic mass is 9.38. The van der Waals surface area contributed by atoms with Gasteiger partial charge in [0.2, 0.25) is 0 Å². The molecule has 0 aromatic heterocycles. The maximum Gasteiger partial charge on any atom is 0.311 e. The molecule has 0 heterocycles. The van der Waals surface area contributed by atoms with Gasteiger partial charge in [-0.15, -0.1) is 0 Å². The van der Waals surface area contributed by atoms with Gasteiger partial charge in [0, 0.05) is 17.8 Å². The Morgan fingerprint density at radius 2 is 1.69 bits per heavy atom. The maximum absolute atomic E-state index is 13.9. The Morgan fingerprint density at radius 1 is 1.03 bits per heavy atom. The molecule has 36 heavy (non-hydrogen) atoms. The van der Waals surface area contributed by atoms with Crippen molar-refractivity contribution in [1.82, 2.24) is 0 Å². The largest absolute Gasteiger partial charge is 0.469 e. The summed E-state index contributed by atoms with van der Waals surface area (Å²) in [5.74, 6) is 0.985. The summed E-state index contributed by atoms with van der Waals surface area (Å²) in [5.41, 5.74) is 0.427. The fourth-order valence-corrected chi connectivity index (χ4v) is 8.89. The second kappa shape index (κ2) is 9.09. The molecular weight excluding hydrogens is 448 g/mol. The van der Waals surface area contributed by atoms with E-state index in [0.29, 0.717) is 12.2 Å². The summed E-state index contributed by atoms with van der Waals surface area (Å²) in [4.78, 5) is 39.8. The quantitative estimate of drug-likeness (QED) is 0.356. The zero-order chi connectivity index (χ0) is 26.7. The number of fused-ring (bicyclic) bond motifs is 5. The summed E-state index contributed by atoms with van der Waals surface area (Å²) >= 11 is 0. The number of carbonyl (C=O) groups excluding carboxylic acids is 3. The monoisotopic (exact) mass is 498 g/mol. The van der Waals surface area contributed by atoms with Gasteiger partial charge in [0.1, 0.15) is 5.78 Å². The minimum atomic E-state index is -0.487. The first-order valence-electron chi connectivity index (χ1n) is 14.6. The molecule has 4 aliphatic carbocycles.